The van der Waals surface area contributed by atoms with Crippen molar-refractivity contribution in [1.82, 2.24) is 0 Å². The van der Waals surface area contributed by atoms with Crippen LogP contribution in [0.15, 0.2) is 36.4 Å². The number of hydrogen-bond donors (Lipinski definition) is 0. The van der Waals surface area contributed by atoms with Crippen LogP contribution in [-0.2, 0) is 38.5 Å². The zero-order valence-electron chi connectivity index (χ0n) is 29.5. The summed E-state index contributed by atoms with van der Waals surface area (Å²) < 4.78 is 0. The largest absolute Gasteiger partial charge is 0.0654 e. The first-order valence-electron chi connectivity index (χ1n) is 18.0. The van der Waals surface area contributed by atoms with Crippen LogP contribution in [0.1, 0.15) is 149 Å². The molecular formula is C42H63P. The molecule has 236 valence electrons. The molecule has 3 aromatic carbocycles. The van der Waals surface area contributed by atoms with Gasteiger partial charge in [0.2, 0.25) is 0 Å². The molecule has 0 bridgehead atoms. The Morgan fingerprint density at radius 1 is 0.395 bits per heavy atom. The molecule has 0 aromatic heterocycles. The van der Waals surface area contributed by atoms with Gasteiger partial charge in [0.15, 0.2) is 0 Å². The number of hydrogen-bond acceptors (Lipinski definition) is 0. The molecule has 0 radical (unpaired) electrons. The van der Waals surface area contributed by atoms with Gasteiger partial charge in [-0.05, 0) is 152 Å². The highest BCUT2D eigenvalue weighted by Gasteiger charge is 2.28. The molecule has 0 aliphatic rings. The van der Waals surface area contributed by atoms with Gasteiger partial charge in [-0.3, -0.25) is 0 Å². The summed E-state index contributed by atoms with van der Waals surface area (Å²) in [5.41, 5.74) is 14.4. The van der Waals surface area contributed by atoms with Crippen LogP contribution in [-0.4, -0.2) is 0 Å². The van der Waals surface area contributed by atoms with E-state index in [1.54, 1.807) is 49.3 Å². The zero-order valence-corrected chi connectivity index (χ0v) is 30.4. The lowest BCUT2D eigenvalue weighted by Gasteiger charge is -2.31. The van der Waals surface area contributed by atoms with E-state index in [1.165, 1.54) is 113 Å². The highest BCUT2D eigenvalue weighted by molar-refractivity contribution is 7.80. The maximum absolute atomic E-state index is 2.61. The van der Waals surface area contributed by atoms with Gasteiger partial charge in [0.05, 0.1) is 0 Å². The van der Waals surface area contributed by atoms with Crippen LogP contribution >= 0.6 is 7.92 Å². The standard InChI is InChI=1S/C42H63P/c1-10-16-22-35-27-30-42(39(24-18-12-3)37(35)23-17-11-2)43(40-28-25-31(7)32(8)33(40)9)41-29-26-34(19-13-4)36(20-14-5)38(41)21-15-6/h25-30H,10-24H2,1-9H3. The molecule has 0 heterocycles. The minimum absolute atomic E-state index is 0.670. The lowest BCUT2D eigenvalue weighted by molar-refractivity contribution is 0.737. The Bertz CT molecular complexity index is 1300. The first-order chi connectivity index (χ1) is 20.9. The average molecular weight is 599 g/mol. The Balaban J connectivity index is 2.47. The van der Waals surface area contributed by atoms with E-state index in [4.69, 9.17) is 0 Å². The van der Waals surface area contributed by atoms with Crippen LogP contribution in [0, 0.1) is 20.8 Å². The van der Waals surface area contributed by atoms with Gasteiger partial charge in [0.1, 0.15) is 0 Å². The fourth-order valence-electron chi connectivity index (χ4n) is 6.94. The molecule has 3 rings (SSSR count). The summed E-state index contributed by atoms with van der Waals surface area (Å²) >= 11 is 0. The van der Waals surface area contributed by atoms with Gasteiger partial charge in [0.25, 0.3) is 0 Å². The summed E-state index contributed by atoms with van der Waals surface area (Å²) in [6.45, 7) is 21.2. The lowest BCUT2D eigenvalue weighted by atomic mass is 9.91. The Morgan fingerprint density at radius 3 is 1.40 bits per heavy atom. The van der Waals surface area contributed by atoms with Gasteiger partial charge in [-0.1, -0.05) is 116 Å². The quantitative estimate of drug-likeness (QED) is 0.128. The number of benzene rings is 3. The third kappa shape index (κ3) is 8.63. The van der Waals surface area contributed by atoms with Crippen LogP contribution in [0.25, 0.3) is 0 Å². The number of rotatable bonds is 18. The normalized spacial score (nSPS) is 12.2. The number of unbranched alkanes of at least 4 members (excludes halogenated alkanes) is 3. The van der Waals surface area contributed by atoms with Gasteiger partial charge in [-0.15, -0.1) is 0 Å². The summed E-state index contributed by atoms with van der Waals surface area (Å²) in [4.78, 5) is 0. The van der Waals surface area contributed by atoms with Crippen molar-refractivity contribution in [1.29, 1.82) is 0 Å². The summed E-state index contributed by atoms with van der Waals surface area (Å²) in [6.07, 6.45) is 18.5. The molecule has 43 heavy (non-hydrogen) atoms. The summed E-state index contributed by atoms with van der Waals surface area (Å²) in [5, 5.41) is 4.89. The van der Waals surface area contributed by atoms with Crippen LogP contribution < -0.4 is 15.9 Å². The van der Waals surface area contributed by atoms with Gasteiger partial charge >= 0.3 is 0 Å². The van der Waals surface area contributed by atoms with Crippen LogP contribution in [0.3, 0.4) is 0 Å². The molecule has 0 spiro atoms. The fraction of sp³-hybridized carbons (Fsp3) is 0.571. The monoisotopic (exact) mass is 598 g/mol. The van der Waals surface area contributed by atoms with Crippen molar-refractivity contribution in [3.8, 4) is 0 Å². The second-order valence-electron chi connectivity index (χ2n) is 12.9. The molecule has 0 nitrogen and oxygen atoms in total. The van der Waals surface area contributed by atoms with Gasteiger partial charge in [-0.2, -0.15) is 0 Å². The van der Waals surface area contributed by atoms with Crippen LogP contribution in [0.4, 0.5) is 0 Å². The molecule has 0 amide bonds. The lowest BCUT2D eigenvalue weighted by Crippen LogP contribution is -2.30. The maximum atomic E-state index is 2.61. The van der Waals surface area contributed by atoms with Crippen molar-refractivity contribution < 1.29 is 0 Å². The van der Waals surface area contributed by atoms with E-state index in [9.17, 15) is 0 Å². The smallest absolute Gasteiger partial charge is 0.0116 e. The third-order valence-corrected chi connectivity index (χ3v) is 12.4. The van der Waals surface area contributed by atoms with Crippen LogP contribution in [0.5, 0.6) is 0 Å². The second-order valence-corrected chi connectivity index (χ2v) is 15.1. The van der Waals surface area contributed by atoms with E-state index in [0.29, 0.717) is 0 Å². The van der Waals surface area contributed by atoms with Crippen molar-refractivity contribution in [3.63, 3.8) is 0 Å². The van der Waals surface area contributed by atoms with Crippen molar-refractivity contribution in [2.24, 2.45) is 0 Å². The van der Waals surface area contributed by atoms with E-state index >= 15 is 0 Å². The summed E-state index contributed by atoms with van der Waals surface area (Å²) in [5.74, 6) is 0. The first-order valence-corrected chi connectivity index (χ1v) is 19.4. The molecule has 1 unspecified atom stereocenters. The van der Waals surface area contributed by atoms with Crippen LogP contribution in [0.2, 0.25) is 0 Å². The van der Waals surface area contributed by atoms with Crippen molar-refractivity contribution >= 4 is 23.8 Å². The molecule has 0 aliphatic heterocycles. The molecule has 3 aromatic rings. The molecule has 0 saturated heterocycles. The zero-order chi connectivity index (χ0) is 31.4. The van der Waals surface area contributed by atoms with E-state index in [1.807, 2.05) is 0 Å². The minimum atomic E-state index is -0.670. The van der Waals surface area contributed by atoms with Gasteiger partial charge in [-0.25, -0.2) is 0 Å². The van der Waals surface area contributed by atoms with Crippen molar-refractivity contribution in [3.05, 3.63) is 86.5 Å². The summed E-state index contributed by atoms with van der Waals surface area (Å²) in [7, 11) is -0.670. The Morgan fingerprint density at radius 2 is 0.837 bits per heavy atom. The Kier molecular flexibility index (Phi) is 15.0. The van der Waals surface area contributed by atoms with E-state index < -0.39 is 7.92 Å². The second kappa shape index (κ2) is 18.2. The Hall–Kier alpha value is -1.91. The van der Waals surface area contributed by atoms with E-state index in [2.05, 4.69) is 98.7 Å². The third-order valence-electron chi connectivity index (χ3n) is 9.64. The average Bonchev–Trinajstić information content (AvgIpc) is 3.01. The molecule has 0 saturated carbocycles. The fourth-order valence-corrected chi connectivity index (χ4v) is 9.93. The summed E-state index contributed by atoms with van der Waals surface area (Å²) in [6, 6.07) is 15.2. The highest BCUT2D eigenvalue weighted by atomic mass is 31.1. The molecule has 0 fully saturated rings. The highest BCUT2D eigenvalue weighted by Crippen LogP contribution is 2.41. The predicted octanol–water partition coefficient (Wildman–Crippen LogP) is 11.3. The van der Waals surface area contributed by atoms with Crippen molar-refractivity contribution in [2.75, 3.05) is 0 Å². The Labute approximate surface area is 268 Å². The van der Waals surface area contributed by atoms with Gasteiger partial charge < -0.3 is 0 Å². The topological polar surface area (TPSA) is 0 Å². The maximum Gasteiger partial charge on any atom is -0.0116 e. The van der Waals surface area contributed by atoms with Gasteiger partial charge in [0, 0.05) is 0 Å². The molecule has 0 N–H and O–H groups in total. The van der Waals surface area contributed by atoms with E-state index in [-0.39, 0.29) is 0 Å². The predicted molar refractivity (Wildman–Crippen MR) is 197 cm³/mol. The molecule has 0 aliphatic carbocycles. The SMILES string of the molecule is CCCCc1ccc(P(c2ccc(C)c(C)c2C)c2ccc(CCC)c(CCC)c2CCC)c(CCCC)c1CCCC. The minimum Gasteiger partial charge on any atom is -0.0654 e. The van der Waals surface area contributed by atoms with E-state index in [0.717, 1.165) is 0 Å². The first kappa shape index (κ1) is 35.6. The molecule has 1 atom stereocenters. The number of aryl methyl sites for hydroxylation is 3. The molecule has 1 heteroatoms. The molecular weight excluding hydrogens is 535 g/mol. The van der Waals surface area contributed by atoms with Crippen molar-refractivity contribution in [2.45, 2.75) is 159 Å².